The van der Waals surface area contributed by atoms with Gasteiger partial charge in [0.15, 0.2) is 0 Å². The fourth-order valence-electron chi connectivity index (χ4n) is 2.92. The fraction of sp³-hybridized carbons (Fsp3) is 0.500. The number of hydrogen-bond donors (Lipinski definition) is 1. The van der Waals surface area contributed by atoms with Gasteiger partial charge in [0.1, 0.15) is 11.6 Å². The second-order valence-electron chi connectivity index (χ2n) is 5.15. The van der Waals surface area contributed by atoms with Crippen molar-refractivity contribution >= 4 is 11.4 Å². The van der Waals surface area contributed by atoms with Gasteiger partial charge in [0.05, 0.1) is 4.92 Å². The molecular formula is C14H18N4O2. The smallest absolute Gasteiger partial charge is 0.287 e. The molecule has 106 valence electrons. The normalized spacial score (nSPS) is 22.4. The lowest BCUT2D eigenvalue weighted by Gasteiger charge is -2.42. The Bertz CT molecular complexity index is 553. The summed E-state index contributed by atoms with van der Waals surface area (Å²) < 4.78 is 0. The molecule has 0 spiro atoms. The van der Waals surface area contributed by atoms with Gasteiger partial charge in [0, 0.05) is 30.4 Å². The van der Waals surface area contributed by atoms with Crippen LogP contribution < -0.4 is 10.6 Å². The van der Waals surface area contributed by atoms with Gasteiger partial charge in [-0.25, -0.2) is 0 Å². The van der Waals surface area contributed by atoms with E-state index in [1.54, 1.807) is 12.1 Å². The monoisotopic (exact) mass is 274 g/mol. The van der Waals surface area contributed by atoms with Gasteiger partial charge in [-0.2, -0.15) is 5.26 Å². The maximum absolute atomic E-state index is 10.9. The maximum atomic E-state index is 10.9. The fourth-order valence-corrected chi connectivity index (χ4v) is 2.92. The molecule has 0 saturated carbocycles. The Labute approximate surface area is 117 Å². The van der Waals surface area contributed by atoms with Crippen LogP contribution in [-0.4, -0.2) is 23.6 Å². The van der Waals surface area contributed by atoms with Crippen LogP contribution in [0.2, 0.25) is 0 Å². The average molecular weight is 274 g/mol. The summed E-state index contributed by atoms with van der Waals surface area (Å²) in [6, 6.07) is 7.17. The number of anilines is 1. The van der Waals surface area contributed by atoms with E-state index in [4.69, 9.17) is 11.0 Å². The van der Waals surface area contributed by atoms with Crippen LogP contribution >= 0.6 is 0 Å². The number of nitrogens with two attached hydrogens (primary N) is 1. The first-order chi connectivity index (χ1) is 9.58. The minimum Gasteiger partial charge on any atom is -0.365 e. The van der Waals surface area contributed by atoms with Crippen molar-refractivity contribution < 1.29 is 4.92 Å². The summed E-state index contributed by atoms with van der Waals surface area (Å²) in [7, 11) is 0. The molecule has 1 fully saturated rings. The third-order valence-electron chi connectivity index (χ3n) is 3.90. The highest BCUT2D eigenvalue weighted by molar-refractivity contribution is 5.61. The van der Waals surface area contributed by atoms with Gasteiger partial charge in [-0.1, -0.05) is 0 Å². The van der Waals surface area contributed by atoms with E-state index in [0.717, 1.165) is 24.9 Å². The van der Waals surface area contributed by atoms with E-state index in [9.17, 15) is 10.1 Å². The minimum atomic E-state index is -0.525. The van der Waals surface area contributed by atoms with Crippen molar-refractivity contribution in [2.24, 2.45) is 5.73 Å². The predicted molar refractivity (Wildman–Crippen MR) is 76.4 cm³/mol. The first kappa shape index (κ1) is 14.3. The van der Waals surface area contributed by atoms with Crippen LogP contribution in [0.4, 0.5) is 11.4 Å². The second kappa shape index (κ2) is 5.88. The first-order valence-electron chi connectivity index (χ1n) is 6.75. The summed E-state index contributed by atoms with van der Waals surface area (Å²) in [5.74, 6) is 0. The molecule has 2 unspecified atom stereocenters. The molecule has 1 aromatic carbocycles. The van der Waals surface area contributed by atoms with Gasteiger partial charge in [0.2, 0.25) is 0 Å². The van der Waals surface area contributed by atoms with Gasteiger partial charge < -0.3 is 10.6 Å². The number of piperidine rings is 1. The summed E-state index contributed by atoms with van der Waals surface area (Å²) in [5.41, 5.74) is 6.62. The zero-order valence-electron chi connectivity index (χ0n) is 11.5. The van der Waals surface area contributed by atoms with Gasteiger partial charge in [-0.05, 0) is 38.3 Å². The Morgan fingerprint density at radius 2 is 2.30 bits per heavy atom. The van der Waals surface area contributed by atoms with Gasteiger partial charge in [-0.3, -0.25) is 10.1 Å². The van der Waals surface area contributed by atoms with Crippen molar-refractivity contribution in [3.63, 3.8) is 0 Å². The number of benzene rings is 1. The predicted octanol–water partition coefficient (Wildman–Crippen LogP) is 2.17. The quantitative estimate of drug-likeness (QED) is 0.673. The van der Waals surface area contributed by atoms with Crippen LogP contribution in [0.15, 0.2) is 18.2 Å². The lowest BCUT2D eigenvalue weighted by atomic mass is 9.95. The van der Waals surface area contributed by atoms with E-state index in [-0.39, 0.29) is 17.3 Å². The summed E-state index contributed by atoms with van der Waals surface area (Å²) in [5, 5.41) is 20.0. The van der Waals surface area contributed by atoms with Crippen molar-refractivity contribution in [3.05, 3.63) is 33.9 Å². The highest BCUT2D eigenvalue weighted by Crippen LogP contribution is 2.31. The van der Waals surface area contributed by atoms with Crippen molar-refractivity contribution in [2.75, 3.05) is 11.4 Å². The summed E-state index contributed by atoms with van der Waals surface area (Å²) in [6.45, 7) is 2.67. The van der Waals surface area contributed by atoms with Crippen LogP contribution in [0.3, 0.4) is 0 Å². The van der Waals surface area contributed by atoms with E-state index in [0.29, 0.717) is 12.6 Å². The Balaban J connectivity index is 2.41. The molecule has 0 bridgehead atoms. The van der Waals surface area contributed by atoms with Crippen molar-refractivity contribution in [2.45, 2.75) is 38.3 Å². The van der Waals surface area contributed by atoms with Crippen LogP contribution in [0.25, 0.3) is 0 Å². The highest BCUT2D eigenvalue weighted by Gasteiger charge is 2.28. The standard InChI is InChI=1S/C14H18N4O2/c1-10-3-2-4-13(9-16)17(10)12-5-6-14(18(19)20)11(7-12)8-15/h5-7,10,13H,2-4,9,16H2,1H3. The van der Waals surface area contributed by atoms with Crippen LogP contribution in [0.5, 0.6) is 0 Å². The molecule has 1 aromatic rings. The van der Waals surface area contributed by atoms with Crippen LogP contribution in [0, 0.1) is 21.4 Å². The molecule has 1 aliphatic heterocycles. The molecule has 20 heavy (non-hydrogen) atoms. The molecule has 2 N–H and O–H groups in total. The van der Waals surface area contributed by atoms with Crippen molar-refractivity contribution in [1.82, 2.24) is 0 Å². The molecule has 2 rings (SSSR count). The molecule has 0 aliphatic carbocycles. The maximum Gasteiger partial charge on any atom is 0.287 e. The molecular weight excluding hydrogens is 256 g/mol. The third-order valence-corrected chi connectivity index (χ3v) is 3.90. The topological polar surface area (TPSA) is 96.2 Å². The van der Waals surface area contributed by atoms with E-state index >= 15 is 0 Å². The third kappa shape index (κ3) is 2.58. The molecule has 0 amide bonds. The molecule has 0 radical (unpaired) electrons. The van der Waals surface area contributed by atoms with Gasteiger partial charge in [-0.15, -0.1) is 0 Å². The SMILES string of the molecule is CC1CCCC(CN)N1c1ccc([N+](=O)[O-])c(C#N)c1. The minimum absolute atomic E-state index is 0.0982. The number of nitriles is 1. The Morgan fingerprint density at radius 3 is 2.90 bits per heavy atom. The number of nitro groups is 1. The van der Waals surface area contributed by atoms with Crippen LogP contribution in [0.1, 0.15) is 31.7 Å². The lowest BCUT2D eigenvalue weighted by Crippen LogP contribution is -2.49. The van der Waals surface area contributed by atoms with Crippen LogP contribution in [-0.2, 0) is 0 Å². The van der Waals surface area contributed by atoms with Gasteiger partial charge in [0.25, 0.3) is 5.69 Å². The molecule has 1 aliphatic rings. The van der Waals surface area contributed by atoms with Crippen molar-refractivity contribution in [3.8, 4) is 6.07 Å². The zero-order chi connectivity index (χ0) is 14.7. The summed E-state index contributed by atoms with van der Waals surface area (Å²) >= 11 is 0. The molecule has 1 heterocycles. The lowest BCUT2D eigenvalue weighted by molar-refractivity contribution is -0.385. The average Bonchev–Trinajstić information content (AvgIpc) is 2.46. The summed E-state index contributed by atoms with van der Waals surface area (Å²) in [4.78, 5) is 12.5. The molecule has 6 nitrogen and oxygen atoms in total. The number of nitro benzene ring substituents is 1. The molecule has 2 atom stereocenters. The van der Waals surface area contributed by atoms with Gasteiger partial charge >= 0.3 is 0 Å². The Hall–Kier alpha value is -2.13. The molecule has 6 heteroatoms. The van der Waals surface area contributed by atoms with E-state index in [1.165, 1.54) is 6.07 Å². The van der Waals surface area contributed by atoms with E-state index in [2.05, 4.69) is 11.8 Å². The first-order valence-corrected chi connectivity index (χ1v) is 6.75. The highest BCUT2D eigenvalue weighted by atomic mass is 16.6. The largest absolute Gasteiger partial charge is 0.365 e. The number of nitrogens with zero attached hydrogens (tertiary/aromatic N) is 3. The van der Waals surface area contributed by atoms with Crippen molar-refractivity contribution in [1.29, 1.82) is 5.26 Å². The Morgan fingerprint density at radius 1 is 1.55 bits per heavy atom. The number of rotatable bonds is 3. The zero-order valence-corrected chi connectivity index (χ0v) is 11.5. The Kier molecular flexibility index (Phi) is 4.20. The van der Waals surface area contributed by atoms with E-state index in [1.807, 2.05) is 6.07 Å². The number of hydrogen-bond acceptors (Lipinski definition) is 5. The second-order valence-corrected chi connectivity index (χ2v) is 5.15. The molecule has 1 saturated heterocycles. The molecule has 0 aromatic heterocycles. The van der Waals surface area contributed by atoms with E-state index < -0.39 is 4.92 Å². The summed E-state index contributed by atoms with van der Waals surface area (Å²) in [6.07, 6.45) is 3.21.